The number of hydrogen-bond acceptors (Lipinski definition) is 3. The van der Waals surface area contributed by atoms with E-state index in [1.54, 1.807) is 17.0 Å². The lowest BCUT2D eigenvalue weighted by Crippen LogP contribution is -2.46. The van der Waals surface area contributed by atoms with Gasteiger partial charge in [0.2, 0.25) is 5.91 Å². The molecule has 0 radical (unpaired) electrons. The molecular formula is C19H20N2O3. The Morgan fingerprint density at radius 2 is 1.88 bits per heavy atom. The van der Waals surface area contributed by atoms with E-state index >= 15 is 0 Å². The number of phenolic OH excluding ortho intramolecular Hbond substituents is 1. The topological polar surface area (TPSA) is 69.6 Å². The highest BCUT2D eigenvalue weighted by Gasteiger charge is 2.37. The van der Waals surface area contributed by atoms with Crippen molar-refractivity contribution in [2.75, 3.05) is 6.54 Å². The van der Waals surface area contributed by atoms with Crippen molar-refractivity contribution >= 4 is 22.6 Å². The van der Waals surface area contributed by atoms with E-state index in [1.807, 2.05) is 24.3 Å². The second-order valence-electron chi connectivity index (χ2n) is 6.62. The van der Waals surface area contributed by atoms with Gasteiger partial charge in [-0.15, -0.1) is 0 Å². The fraction of sp³-hybridized carbons (Fsp3) is 0.368. The van der Waals surface area contributed by atoms with Crippen molar-refractivity contribution in [1.82, 2.24) is 10.2 Å². The molecule has 1 saturated carbocycles. The van der Waals surface area contributed by atoms with Crippen LogP contribution in [0.25, 0.3) is 10.8 Å². The summed E-state index contributed by atoms with van der Waals surface area (Å²) < 4.78 is 0. The Morgan fingerprint density at radius 1 is 1.08 bits per heavy atom. The number of rotatable bonds is 3. The number of aromatic hydroxyl groups is 1. The van der Waals surface area contributed by atoms with E-state index in [1.165, 1.54) is 0 Å². The smallest absolute Gasteiger partial charge is 0.258 e. The number of benzene rings is 2. The molecular weight excluding hydrogens is 304 g/mol. The SMILES string of the molecule is O=C(NC1CC1)[C@@H]1CCCN1C(=O)c1ccc2ccccc2c1O. The first-order valence-corrected chi connectivity index (χ1v) is 8.47. The van der Waals surface area contributed by atoms with Gasteiger partial charge >= 0.3 is 0 Å². The molecule has 0 unspecified atom stereocenters. The first-order chi connectivity index (χ1) is 11.6. The largest absolute Gasteiger partial charge is 0.506 e. The predicted octanol–water partition coefficient (Wildman–Crippen LogP) is 2.43. The van der Waals surface area contributed by atoms with Gasteiger partial charge in [-0.25, -0.2) is 0 Å². The van der Waals surface area contributed by atoms with Crippen molar-refractivity contribution in [3.63, 3.8) is 0 Å². The van der Waals surface area contributed by atoms with Gasteiger partial charge < -0.3 is 15.3 Å². The monoisotopic (exact) mass is 324 g/mol. The number of carbonyl (C=O) groups excluding carboxylic acids is 2. The molecule has 2 N–H and O–H groups in total. The van der Waals surface area contributed by atoms with E-state index in [4.69, 9.17) is 0 Å². The average molecular weight is 324 g/mol. The quantitative estimate of drug-likeness (QED) is 0.911. The van der Waals surface area contributed by atoms with Gasteiger partial charge in [0, 0.05) is 18.0 Å². The maximum atomic E-state index is 12.9. The van der Waals surface area contributed by atoms with Crippen LogP contribution in [-0.2, 0) is 4.79 Å². The summed E-state index contributed by atoms with van der Waals surface area (Å²) in [7, 11) is 0. The van der Waals surface area contributed by atoms with Gasteiger partial charge in [-0.2, -0.15) is 0 Å². The van der Waals surface area contributed by atoms with Crippen LogP contribution in [-0.4, -0.2) is 40.4 Å². The maximum absolute atomic E-state index is 12.9. The van der Waals surface area contributed by atoms with Gasteiger partial charge in [0.1, 0.15) is 11.8 Å². The van der Waals surface area contributed by atoms with E-state index in [-0.39, 0.29) is 29.2 Å². The minimum absolute atomic E-state index is 0.00801. The number of hydrogen-bond donors (Lipinski definition) is 2. The van der Waals surface area contributed by atoms with Crippen LogP contribution < -0.4 is 5.32 Å². The summed E-state index contributed by atoms with van der Waals surface area (Å²) in [5, 5.41) is 15.0. The van der Waals surface area contributed by atoms with Gasteiger partial charge in [-0.1, -0.05) is 30.3 Å². The minimum atomic E-state index is -0.427. The number of nitrogens with zero attached hydrogens (tertiary/aromatic N) is 1. The number of nitrogens with one attached hydrogen (secondary N) is 1. The van der Waals surface area contributed by atoms with Crippen LogP contribution in [0.4, 0.5) is 0 Å². The highest BCUT2D eigenvalue weighted by Crippen LogP contribution is 2.31. The van der Waals surface area contributed by atoms with Crippen molar-refractivity contribution in [3.8, 4) is 5.75 Å². The molecule has 4 rings (SSSR count). The Morgan fingerprint density at radius 3 is 2.67 bits per heavy atom. The highest BCUT2D eigenvalue weighted by atomic mass is 16.3. The van der Waals surface area contributed by atoms with Crippen LogP contribution in [0.3, 0.4) is 0 Å². The first-order valence-electron chi connectivity index (χ1n) is 8.47. The lowest BCUT2D eigenvalue weighted by Gasteiger charge is -2.24. The molecule has 1 heterocycles. The summed E-state index contributed by atoms with van der Waals surface area (Å²) in [6.07, 6.45) is 3.54. The van der Waals surface area contributed by atoms with Crippen LogP contribution in [0, 0.1) is 0 Å². The molecule has 24 heavy (non-hydrogen) atoms. The normalized spacial score (nSPS) is 20.3. The zero-order chi connectivity index (χ0) is 16.7. The van der Waals surface area contributed by atoms with Crippen molar-refractivity contribution in [2.45, 2.75) is 37.8 Å². The van der Waals surface area contributed by atoms with Gasteiger partial charge in [0.05, 0.1) is 5.56 Å². The molecule has 2 aromatic carbocycles. The predicted molar refractivity (Wildman–Crippen MR) is 90.8 cm³/mol. The van der Waals surface area contributed by atoms with E-state index < -0.39 is 6.04 Å². The van der Waals surface area contributed by atoms with Gasteiger partial charge in [-0.05, 0) is 37.1 Å². The second kappa shape index (κ2) is 5.82. The standard InChI is InChI=1S/C19H20N2O3/c22-17-14-5-2-1-4-12(14)7-10-15(17)19(24)21-11-3-6-16(21)18(23)20-13-8-9-13/h1-2,4-5,7,10,13,16,22H,3,6,8-9,11H2,(H,20,23)/t16-/m0/s1. The van der Waals surface area contributed by atoms with Crippen molar-refractivity contribution in [3.05, 3.63) is 42.0 Å². The summed E-state index contributed by atoms with van der Waals surface area (Å²) in [5.74, 6) is -0.346. The van der Waals surface area contributed by atoms with E-state index in [2.05, 4.69) is 5.32 Å². The van der Waals surface area contributed by atoms with Gasteiger partial charge in [0.15, 0.2) is 0 Å². The molecule has 2 aliphatic rings. The minimum Gasteiger partial charge on any atom is -0.506 e. The Labute approximate surface area is 140 Å². The van der Waals surface area contributed by atoms with Gasteiger partial charge in [0.25, 0.3) is 5.91 Å². The van der Waals surface area contributed by atoms with E-state index in [9.17, 15) is 14.7 Å². The first kappa shape index (κ1) is 15.0. The molecule has 1 atom stereocenters. The van der Waals surface area contributed by atoms with Gasteiger partial charge in [-0.3, -0.25) is 9.59 Å². The summed E-state index contributed by atoms with van der Waals surface area (Å²) in [5.41, 5.74) is 0.264. The third-order valence-corrected chi connectivity index (χ3v) is 4.87. The lowest BCUT2D eigenvalue weighted by molar-refractivity contribution is -0.125. The molecule has 1 saturated heterocycles. The Hall–Kier alpha value is -2.56. The van der Waals surface area contributed by atoms with Crippen molar-refractivity contribution in [2.24, 2.45) is 0 Å². The molecule has 0 bridgehead atoms. The Bertz CT molecular complexity index is 813. The zero-order valence-corrected chi connectivity index (χ0v) is 13.4. The Balaban J connectivity index is 1.62. The third kappa shape index (κ3) is 2.60. The number of likely N-dealkylation sites (tertiary alicyclic amines) is 1. The molecule has 1 aliphatic heterocycles. The summed E-state index contributed by atoms with van der Waals surface area (Å²) in [4.78, 5) is 26.9. The van der Waals surface area contributed by atoms with Crippen LogP contribution in [0.1, 0.15) is 36.0 Å². The molecule has 2 aromatic rings. The van der Waals surface area contributed by atoms with E-state index in [0.717, 1.165) is 24.6 Å². The molecule has 2 fully saturated rings. The van der Waals surface area contributed by atoms with Crippen LogP contribution in [0.15, 0.2) is 36.4 Å². The average Bonchev–Trinajstić information content (AvgIpc) is 3.26. The van der Waals surface area contributed by atoms with Crippen LogP contribution in [0.5, 0.6) is 5.75 Å². The van der Waals surface area contributed by atoms with Crippen LogP contribution in [0.2, 0.25) is 0 Å². The number of carbonyl (C=O) groups is 2. The number of fused-ring (bicyclic) bond motifs is 1. The van der Waals surface area contributed by atoms with Crippen molar-refractivity contribution < 1.29 is 14.7 Å². The van der Waals surface area contributed by atoms with Crippen molar-refractivity contribution in [1.29, 1.82) is 0 Å². The molecule has 1 aliphatic carbocycles. The number of amides is 2. The lowest BCUT2D eigenvalue weighted by atomic mass is 10.0. The highest BCUT2D eigenvalue weighted by molar-refractivity contribution is 6.05. The molecule has 5 heteroatoms. The molecule has 2 amide bonds. The Kier molecular flexibility index (Phi) is 3.63. The molecule has 0 spiro atoms. The molecule has 5 nitrogen and oxygen atoms in total. The molecule has 124 valence electrons. The van der Waals surface area contributed by atoms with E-state index in [0.29, 0.717) is 18.4 Å². The summed E-state index contributed by atoms with van der Waals surface area (Å²) in [6, 6.07) is 10.7. The fourth-order valence-electron chi connectivity index (χ4n) is 3.39. The zero-order valence-electron chi connectivity index (χ0n) is 13.4. The fourth-order valence-corrected chi connectivity index (χ4v) is 3.39. The maximum Gasteiger partial charge on any atom is 0.258 e. The third-order valence-electron chi connectivity index (χ3n) is 4.87. The summed E-state index contributed by atoms with van der Waals surface area (Å²) in [6.45, 7) is 0.549. The summed E-state index contributed by atoms with van der Waals surface area (Å²) >= 11 is 0. The molecule has 0 aromatic heterocycles. The second-order valence-corrected chi connectivity index (χ2v) is 6.62. The van der Waals surface area contributed by atoms with Crippen LogP contribution >= 0.6 is 0 Å². The number of phenols is 1.